The molecule has 0 radical (unpaired) electrons. The van der Waals surface area contributed by atoms with Crippen molar-refractivity contribution in [2.75, 3.05) is 16.0 Å². The second kappa shape index (κ2) is 8.35. The highest BCUT2D eigenvalue weighted by molar-refractivity contribution is 6.10. The molecule has 142 valence electrons. The van der Waals surface area contributed by atoms with E-state index in [1.807, 2.05) is 0 Å². The first kappa shape index (κ1) is 20.0. The number of hydrogen-bond donors (Lipinski definition) is 3. The number of nitrogens with one attached hydrogen (secondary N) is 3. The minimum atomic E-state index is -0.584. The molecule has 0 aliphatic heterocycles. The lowest BCUT2D eigenvalue weighted by atomic mass is 10.1. The van der Waals surface area contributed by atoms with Gasteiger partial charge in [-0.1, -0.05) is 12.1 Å². The van der Waals surface area contributed by atoms with Crippen molar-refractivity contribution in [2.24, 2.45) is 0 Å². The molecule has 0 aromatic heterocycles. The van der Waals surface area contributed by atoms with E-state index in [0.717, 1.165) is 0 Å². The van der Waals surface area contributed by atoms with Crippen LogP contribution in [0, 0.1) is 0 Å². The van der Waals surface area contributed by atoms with Crippen molar-refractivity contribution in [3.8, 4) is 0 Å². The van der Waals surface area contributed by atoms with Crippen LogP contribution in [0.5, 0.6) is 0 Å². The monoisotopic (exact) mass is 369 g/mol. The van der Waals surface area contributed by atoms with Gasteiger partial charge in [0.2, 0.25) is 5.91 Å². The third-order valence-corrected chi connectivity index (χ3v) is 3.27. The summed E-state index contributed by atoms with van der Waals surface area (Å²) in [4.78, 5) is 35.5. The molecule has 0 aliphatic rings. The summed E-state index contributed by atoms with van der Waals surface area (Å²) in [6.07, 6.45) is -0.552. The number of anilines is 3. The number of amides is 3. The molecule has 2 aromatic rings. The standard InChI is InChI=1S/C20H23N3O4/c1-13(24)21-17-8-6-5-7-16(17)18(25)22-14-9-11-15(12-10-14)23-19(26)27-20(2,3)4/h5-12H,1-4H3,(H,21,24)(H,22,25)(H,23,26). The third-order valence-electron chi connectivity index (χ3n) is 3.27. The Bertz CT molecular complexity index is 839. The maximum absolute atomic E-state index is 12.5. The Morgan fingerprint density at radius 3 is 1.93 bits per heavy atom. The van der Waals surface area contributed by atoms with E-state index in [2.05, 4.69) is 16.0 Å². The molecule has 3 amide bonds. The summed E-state index contributed by atoms with van der Waals surface area (Å²) in [7, 11) is 0. The zero-order valence-electron chi connectivity index (χ0n) is 15.8. The van der Waals surface area contributed by atoms with Gasteiger partial charge in [0.15, 0.2) is 0 Å². The van der Waals surface area contributed by atoms with Gasteiger partial charge in [-0.25, -0.2) is 4.79 Å². The van der Waals surface area contributed by atoms with Crippen molar-refractivity contribution in [2.45, 2.75) is 33.3 Å². The van der Waals surface area contributed by atoms with Gasteiger partial charge in [0.05, 0.1) is 11.3 Å². The van der Waals surface area contributed by atoms with E-state index in [9.17, 15) is 14.4 Å². The van der Waals surface area contributed by atoms with Gasteiger partial charge in [0.1, 0.15) is 5.60 Å². The van der Waals surface area contributed by atoms with Crippen LogP contribution in [0.3, 0.4) is 0 Å². The van der Waals surface area contributed by atoms with Crippen LogP contribution < -0.4 is 16.0 Å². The Morgan fingerprint density at radius 1 is 0.815 bits per heavy atom. The fourth-order valence-electron chi connectivity index (χ4n) is 2.24. The third kappa shape index (κ3) is 6.47. The van der Waals surface area contributed by atoms with E-state index in [-0.39, 0.29) is 11.8 Å². The smallest absolute Gasteiger partial charge is 0.412 e. The van der Waals surface area contributed by atoms with Crippen LogP contribution in [0.1, 0.15) is 38.1 Å². The van der Waals surface area contributed by atoms with Crippen LogP contribution in [0.2, 0.25) is 0 Å². The zero-order chi connectivity index (χ0) is 20.0. The van der Waals surface area contributed by atoms with Gasteiger partial charge in [-0.15, -0.1) is 0 Å². The quantitative estimate of drug-likeness (QED) is 0.751. The Morgan fingerprint density at radius 2 is 1.37 bits per heavy atom. The zero-order valence-corrected chi connectivity index (χ0v) is 15.8. The highest BCUT2D eigenvalue weighted by atomic mass is 16.6. The minimum absolute atomic E-state index is 0.257. The van der Waals surface area contributed by atoms with E-state index < -0.39 is 11.7 Å². The van der Waals surface area contributed by atoms with E-state index in [0.29, 0.717) is 22.6 Å². The topological polar surface area (TPSA) is 96.5 Å². The molecule has 0 bridgehead atoms. The Hall–Kier alpha value is -3.35. The Balaban J connectivity index is 2.03. The highest BCUT2D eigenvalue weighted by Gasteiger charge is 2.16. The summed E-state index contributed by atoms with van der Waals surface area (Å²) in [5, 5.41) is 8.00. The maximum Gasteiger partial charge on any atom is 0.412 e. The average Bonchev–Trinajstić information content (AvgIpc) is 2.54. The van der Waals surface area contributed by atoms with Crippen LogP contribution in [-0.4, -0.2) is 23.5 Å². The molecule has 7 nitrogen and oxygen atoms in total. The lowest BCUT2D eigenvalue weighted by Gasteiger charge is -2.19. The van der Waals surface area contributed by atoms with E-state index >= 15 is 0 Å². The van der Waals surface area contributed by atoms with Crippen molar-refractivity contribution in [3.05, 3.63) is 54.1 Å². The molecule has 0 atom stereocenters. The second-order valence-corrected chi connectivity index (χ2v) is 6.89. The van der Waals surface area contributed by atoms with Crippen LogP contribution in [0.25, 0.3) is 0 Å². The van der Waals surface area contributed by atoms with Gasteiger partial charge in [0.25, 0.3) is 5.91 Å². The van der Waals surface area contributed by atoms with Crippen LogP contribution >= 0.6 is 0 Å². The van der Waals surface area contributed by atoms with Crippen molar-refractivity contribution in [1.82, 2.24) is 0 Å². The van der Waals surface area contributed by atoms with Gasteiger partial charge >= 0.3 is 6.09 Å². The van der Waals surface area contributed by atoms with Crippen molar-refractivity contribution in [3.63, 3.8) is 0 Å². The van der Waals surface area contributed by atoms with Gasteiger partial charge in [-0.05, 0) is 57.2 Å². The average molecular weight is 369 g/mol. The van der Waals surface area contributed by atoms with E-state index in [1.54, 1.807) is 69.3 Å². The summed E-state index contributed by atoms with van der Waals surface area (Å²) in [6, 6.07) is 13.4. The minimum Gasteiger partial charge on any atom is -0.444 e. The number of carbonyl (C=O) groups is 3. The number of rotatable bonds is 4. The van der Waals surface area contributed by atoms with Crippen LogP contribution in [0.4, 0.5) is 21.9 Å². The maximum atomic E-state index is 12.5. The normalized spacial score (nSPS) is 10.7. The fraction of sp³-hybridized carbons (Fsp3) is 0.250. The Labute approximate surface area is 158 Å². The van der Waals surface area contributed by atoms with Crippen molar-refractivity contribution < 1.29 is 19.1 Å². The molecule has 27 heavy (non-hydrogen) atoms. The summed E-state index contributed by atoms with van der Waals surface area (Å²) < 4.78 is 5.18. The number of benzene rings is 2. The molecular formula is C20H23N3O4. The number of carbonyl (C=O) groups excluding carboxylic acids is 3. The van der Waals surface area contributed by atoms with Crippen molar-refractivity contribution in [1.29, 1.82) is 0 Å². The largest absolute Gasteiger partial charge is 0.444 e. The van der Waals surface area contributed by atoms with E-state index in [4.69, 9.17) is 4.74 Å². The lowest BCUT2D eigenvalue weighted by molar-refractivity contribution is -0.114. The van der Waals surface area contributed by atoms with Gasteiger partial charge in [-0.2, -0.15) is 0 Å². The molecule has 7 heteroatoms. The first-order chi connectivity index (χ1) is 12.6. The molecule has 2 aromatic carbocycles. The number of hydrogen-bond acceptors (Lipinski definition) is 4. The molecule has 0 unspecified atom stereocenters. The summed E-state index contributed by atoms with van der Waals surface area (Å²) >= 11 is 0. The predicted molar refractivity (Wildman–Crippen MR) is 105 cm³/mol. The molecule has 0 heterocycles. The fourth-order valence-corrected chi connectivity index (χ4v) is 2.24. The molecule has 0 fully saturated rings. The Kier molecular flexibility index (Phi) is 6.18. The molecule has 3 N–H and O–H groups in total. The summed E-state index contributed by atoms with van der Waals surface area (Å²) in [5.74, 6) is -0.611. The number of ether oxygens (including phenoxy) is 1. The summed E-state index contributed by atoms with van der Waals surface area (Å²) in [5.41, 5.74) is 1.29. The highest BCUT2D eigenvalue weighted by Crippen LogP contribution is 2.19. The lowest BCUT2D eigenvalue weighted by Crippen LogP contribution is -2.27. The van der Waals surface area contributed by atoms with E-state index in [1.165, 1.54) is 6.92 Å². The van der Waals surface area contributed by atoms with Gasteiger partial charge < -0.3 is 15.4 Å². The second-order valence-electron chi connectivity index (χ2n) is 6.89. The first-order valence-electron chi connectivity index (χ1n) is 8.42. The first-order valence-corrected chi connectivity index (χ1v) is 8.42. The molecule has 0 saturated heterocycles. The summed E-state index contributed by atoms with van der Waals surface area (Å²) in [6.45, 7) is 6.73. The van der Waals surface area contributed by atoms with Crippen LogP contribution in [-0.2, 0) is 9.53 Å². The number of para-hydroxylation sites is 1. The molecule has 0 aliphatic carbocycles. The predicted octanol–water partition coefficient (Wildman–Crippen LogP) is 4.24. The SMILES string of the molecule is CC(=O)Nc1ccccc1C(=O)Nc1ccc(NC(=O)OC(C)(C)C)cc1. The molecule has 2 rings (SSSR count). The van der Waals surface area contributed by atoms with Crippen molar-refractivity contribution >= 4 is 35.0 Å². The molecular weight excluding hydrogens is 346 g/mol. The van der Waals surface area contributed by atoms with Gasteiger partial charge in [-0.3, -0.25) is 14.9 Å². The molecule has 0 saturated carbocycles. The van der Waals surface area contributed by atoms with Gasteiger partial charge in [0, 0.05) is 18.3 Å². The molecule has 0 spiro atoms. The van der Waals surface area contributed by atoms with Crippen LogP contribution in [0.15, 0.2) is 48.5 Å².